The molecule has 0 aliphatic heterocycles. The number of carbonyl (C=O) groups is 1. The first kappa shape index (κ1) is 14.0. The minimum Gasteiger partial charge on any atom is -0.399 e. The lowest BCUT2D eigenvalue weighted by molar-refractivity contribution is 0.0936. The van der Waals surface area contributed by atoms with Crippen LogP contribution in [0.4, 0.5) is 5.69 Å². The van der Waals surface area contributed by atoms with Gasteiger partial charge in [0.1, 0.15) is 0 Å². The standard InChI is InChI=1S/C17H17ClN2O/c1-10-8-12(18)3-5-14(10)17(21)20-16-7-2-11-9-13(19)4-6-15(11)16/h3-6,8-9,16H,2,7,19H2,1H3,(H,20,21). The van der Waals surface area contributed by atoms with E-state index in [2.05, 4.69) is 5.32 Å². The molecule has 1 aliphatic carbocycles. The molecule has 3 N–H and O–H groups in total. The minimum atomic E-state index is -0.0566. The molecule has 1 unspecified atom stereocenters. The molecule has 4 heteroatoms. The van der Waals surface area contributed by atoms with Crippen LogP contribution >= 0.6 is 11.6 Å². The molecule has 0 heterocycles. The van der Waals surface area contributed by atoms with Crippen molar-refractivity contribution in [2.24, 2.45) is 0 Å². The topological polar surface area (TPSA) is 55.1 Å². The lowest BCUT2D eigenvalue weighted by Gasteiger charge is -2.15. The summed E-state index contributed by atoms with van der Waals surface area (Å²) in [5.74, 6) is -0.0566. The summed E-state index contributed by atoms with van der Waals surface area (Å²) in [7, 11) is 0. The molecular weight excluding hydrogens is 284 g/mol. The molecule has 0 radical (unpaired) electrons. The van der Waals surface area contributed by atoms with E-state index < -0.39 is 0 Å². The van der Waals surface area contributed by atoms with Gasteiger partial charge in [0.2, 0.25) is 0 Å². The van der Waals surface area contributed by atoms with Gasteiger partial charge in [-0.15, -0.1) is 0 Å². The molecule has 0 aromatic heterocycles. The highest BCUT2D eigenvalue weighted by atomic mass is 35.5. The molecule has 0 bridgehead atoms. The zero-order chi connectivity index (χ0) is 15.0. The van der Waals surface area contributed by atoms with Gasteiger partial charge in [0.25, 0.3) is 5.91 Å². The number of fused-ring (bicyclic) bond motifs is 1. The van der Waals surface area contributed by atoms with E-state index in [1.165, 1.54) is 11.1 Å². The number of benzene rings is 2. The van der Waals surface area contributed by atoms with E-state index in [0.717, 1.165) is 24.1 Å². The molecule has 3 nitrogen and oxygen atoms in total. The van der Waals surface area contributed by atoms with E-state index >= 15 is 0 Å². The molecule has 108 valence electrons. The highest BCUT2D eigenvalue weighted by Gasteiger charge is 2.24. The Balaban J connectivity index is 1.81. The maximum atomic E-state index is 12.4. The lowest BCUT2D eigenvalue weighted by atomic mass is 10.1. The Morgan fingerprint density at radius 3 is 2.86 bits per heavy atom. The third kappa shape index (κ3) is 2.74. The van der Waals surface area contributed by atoms with Gasteiger partial charge in [-0.1, -0.05) is 17.7 Å². The fraction of sp³-hybridized carbons (Fsp3) is 0.235. The third-order valence-corrected chi connectivity index (χ3v) is 4.22. The van der Waals surface area contributed by atoms with Gasteiger partial charge >= 0.3 is 0 Å². The fourth-order valence-corrected chi connectivity index (χ4v) is 3.13. The Labute approximate surface area is 129 Å². The Bertz CT molecular complexity index is 712. The van der Waals surface area contributed by atoms with Gasteiger partial charge < -0.3 is 11.1 Å². The van der Waals surface area contributed by atoms with Crippen molar-refractivity contribution in [1.82, 2.24) is 5.32 Å². The molecule has 1 aliphatic rings. The number of amides is 1. The molecule has 0 saturated heterocycles. The van der Waals surface area contributed by atoms with Crippen LogP contribution in [0.15, 0.2) is 36.4 Å². The van der Waals surface area contributed by atoms with Crippen LogP contribution in [-0.2, 0) is 6.42 Å². The first-order valence-corrected chi connectivity index (χ1v) is 7.37. The van der Waals surface area contributed by atoms with Crippen LogP contribution in [-0.4, -0.2) is 5.91 Å². The van der Waals surface area contributed by atoms with Crippen molar-refractivity contribution >= 4 is 23.2 Å². The predicted octanol–water partition coefficient (Wildman–Crippen LogP) is 3.65. The maximum Gasteiger partial charge on any atom is 0.252 e. The smallest absolute Gasteiger partial charge is 0.252 e. The third-order valence-electron chi connectivity index (χ3n) is 3.98. The minimum absolute atomic E-state index is 0.0566. The molecule has 1 atom stereocenters. The zero-order valence-corrected chi connectivity index (χ0v) is 12.6. The van der Waals surface area contributed by atoms with Crippen LogP contribution in [0.5, 0.6) is 0 Å². The Hall–Kier alpha value is -2.00. The van der Waals surface area contributed by atoms with Crippen molar-refractivity contribution < 1.29 is 4.79 Å². The van der Waals surface area contributed by atoms with E-state index in [1.807, 2.05) is 25.1 Å². The van der Waals surface area contributed by atoms with Crippen LogP contribution in [0.2, 0.25) is 5.02 Å². The van der Waals surface area contributed by atoms with E-state index in [-0.39, 0.29) is 11.9 Å². The SMILES string of the molecule is Cc1cc(Cl)ccc1C(=O)NC1CCc2cc(N)ccc21. The number of anilines is 1. The summed E-state index contributed by atoms with van der Waals surface area (Å²) in [6.45, 7) is 1.89. The number of carbonyl (C=O) groups excluding carboxylic acids is 1. The van der Waals surface area contributed by atoms with Crippen LogP contribution in [0.3, 0.4) is 0 Å². The van der Waals surface area contributed by atoms with Crippen molar-refractivity contribution in [2.75, 3.05) is 5.73 Å². The van der Waals surface area contributed by atoms with Crippen molar-refractivity contribution in [1.29, 1.82) is 0 Å². The van der Waals surface area contributed by atoms with Crippen LogP contribution in [0, 0.1) is 6.92 Å². The maximum absolute atomic E-state index is 12.4. The Morgan fingerprint density at radius 1 is 1.29 bits per heavy atom. The number of hydrogen-bond acceptors (Lipinski definition) is 2. The normalized spacial score (nSPS) is 16.6. The van der Waals surface area contributed by atoms with Gasteiger partial charge in [-0.25, -0.2) is 0 Å². The summed E-state index contributed by atoms with van der Waals surface area (Å²) in [6.07, 6.45) is 1.86. The molecular formula is C17H17ClN2O. The van der Waals surface area contributed by atoms with Gasteiger partial charge in [0, 0.05) is 16.3 Å². The molecule has 3 rings (SSSR count). The molecule has 0 saturated carbocycles. The predicted molar refractivity (Wildman–Crippen MR) is 85.6 cm³/mol. The second-order valence-electron chi connectivity index (χ2n) is 5.48. The van der Waals surface area contributed by atoms with Gasteiger partial charge in [0.05, 0.1) is 6.04 Å². The quantitative estimate of drug-likeness (QED) is 0.832. The van der Waals surface area contributed by atoms with Crippen molar-refractivity contribution in [3.8, 4) is 0 Å². The average Bonchev–Trinajstić information content (AvgIpc) is 2.80. The molecule has 0 fully saturated rings. The van der Waals surface area contributed by atoms with E-state index in [9.17, 15) is 4.79 Å². The lowest BCUT2D eigenvalue weighted by Crippen LogP contribution is -2.27. The first-order valence-electron chi connectivity index (χ1n) is 7.00. The molecule has 2 aromatic rings. The summed E-state index contributed by atoms with van der Waals surface area (Å²) >= 11 is 5.93. The molecule has 0 spiro atoms. The summed E-state index contributed by atoms with van der Waals surface area (Å²) in [5.41, 5.74) is 10.5. The van der Waals surface area contributed by atoms with Crippen LogP contribution in [0.25, 0.3) is 0 Å². The van der Waals surface area contributed by atoms with Crippen molar-refractivity contribution in [3.63, 3.8) is 0 Å². The van der Waals surface area contributed by atoms with E-state index in [1.54, 1.807) is 18.2 Å². The zero-order valence-electron chi connectivity index (χ0n) is 11.8. The monoisotopic (exact) mass is 300 g/mol. The first-order chi connectivity index (χ1) is 10.0. The number of nitrogens with one attached hydrogen (secondary N) is 1. The molecule has 2 aromatic carbocycles. The van der Waals surface area contributed by atoms with Crippen LogP contribution < -0.4 is 11.1 Å². The summed E-state index contributed by atoms with van der Waals surface area (Å²) in [5, 5.41) is 3.75. The summed E-state index contributed by atoms with van der Waals surface area (Å²) in [6, 6.07) is 11.3. The average molecular weight is 301 g/mol. The Kier molecular flexibility index (Phi) is 3.60. The number of aryl methyl sites for hydroxylation is 2. The number of nitrogens with two attached hydrogens (primary N) is 1. The van der Waals surface area contributed by atoms with Crippen LogP contribution in [0.1, 0.15) is 39.5 Å². The summed E-state index contributed by atoms with van der Waals surface area (Å²) < 4.78 is 0. The molecule has 21 heavy (non-hydrogen) atoms. The number of rotatable bonds is 2. The van der Waals surface area contributed by atoms with Gasteiger partial charge in [-0.3, -0.25) is 4.79 Å². The number of nitrogen functional groups attached to an aromatic ring is 1. The number of hydrogen-bond donors (Lipinski definition) is 2. The van der Waals surface area contributed by atoms with Crippen molar-refractivity contribution in [3.05, 3.63) is 63.7 Å². The van der Waals surface area contributed by atoms with Crippen molar-refractivity contribution in [2.45, 2.75) is 25.8 Å². The van der Waals surface area contributed by atoms with Gasteiger partial charge in [0.15, 0.2) is 0 Å². The largest absolute Gasteiger partial charge is 0.399 e. The second kappa shape index (κ2) is 5.41. The summed E-state index contributed by atoms with van der Waals surface area (Å²) in [4.78, 5) is 12.4. The fourth-order valence-electron chi connectivity index (χ4n) is 2.91. The Morgan fingerprint density at radius 2 is 2.10 bits per heavy atom. The second-order valence-corrected chi connectivity index (χ2v) is 5.92. The molecule has 1 amide bonds. The highest BCUT2D eigenvalue weighted by molar-refractivity contribution is 6.30. The van der Waals surface area contributed by atoms with E-state index in [4.69, 9.17) is 17.3 Å². The van der Waals surface area contributed by atoms with Gasteiger partial charge in [-0.2, -0.15) is 0 Å². The van der Waals surface area contributed by atoms with E-state index in [0.29, 0.717) is 10.6 Å². The van der Waals surface area contributed by atoms with Gasteiger partial charge in [-0.05, 0) is 66.8 Å². The highest BCUT2D eigenvalue weighted by Crippen LogP contribution is 2.32. The number of halogens is 1.